The monoisotopic (exact) mass is 461 g/mol. The van der Waals surface area contributed by atoms with Crippen LogP contribution in [0.1, 0.15) is 33.1 Å². The molecule has 0 fully saturated rings. The van der Waals surface area contributed by atoms with Gasteiger partial charge in [0.25, 0.3) is 5.91 Å². The second-order valence-electron chi connectivity index (χ2n) is 7.60. The molecular weight excluding hydrogens is 438 g/mol. The van der Waals surface area contributed by atoms with Crippen molar-refractivity contribution < 1.29 is 24.5 Å². The number of carboxylic acids is 1. The number of aliphatic hydroxyl groups is 1. The average molecular weight is 462 g/mol. The van der Waals surface area contributed by atoms with Gasteiger partial charge in [-0.25, -0.2) is 4.79 Å². The number of aromatic carboxylic acids is 1. The van der Waals surface area contributed by atoms with E-state index in [1.165, 1.54) is 12.1 Å². The predicted molar refractivity (Wildman–Crippen MR) is 127 cm³/mol. The number of thioether (sulfide) groups is 1. The van der Waals surface area contributed by atoms with Crippen molar-refractivity contribution in [3.8, 4) is 5.75 Å². The topological polar surface area (TPSA) is 87.1 Å². The molecule has 1 atom stereocenters. The molecule has 3 aromatic rings. The number of methoxy groups -OCH3 is 1. The van der Waals surface area contributed by atoms with Crippen LogP contribution in [0.2, 0.25) is 0 Å². The molecule has 0 aliphatic carbocycles. The smallest absolute Gasteiger partial charge is 0.335 e. The lowest BCUT2D eigenvalue weighted by Crippen LogP contribution is -2.29. The summed E-state index contributed by atoms with van der Waals surface area (Å²) >= 11 is 1.64. The third-order valence-corrected chi connectivity index (χ3v) is 6.43. The van der Waals surface area contributed by atoms with Crippen molar-refractivity contribution in [3.63, 3.8) is 0 Å². The fourth-order valence-corrected chi connectivity index (χ4v) is 4.37. The van der Waals surface area contributed by atoms with Gasteiger partial charge in [-0.1, -0.05) is 36.4 Å². The molecule has 33 heavy (non-hydrogen) atoms. The molecule has 1 aliphatic heterocycles. The molecule has 1 aliphatic rings. The van der Waals surface area contributed by atoms with Crippen LogP contribution in [0, 0.1) is 0 Å². The molecule has 7 heteroatoms. The number of carbonyl (C=O) groups is 2. The van der Waals surface area contributed by atoms with Gasteiger partial charge >= 0.3 is 5.97 Å². The van der Waals surface area contributed by atoms with Crippen LogP contribution in [0.15, 0.2) is 83.5 Å². The lowest BCUT2D eigenvalue weighted by atomic mass is 9.92. The number of rotatable bonds is 7. The molecule has 6 nitrogen and oxygen atoms in total. The highest BCUT2D eigenvalue weighted by atomic mass is 32.2. The van der Waals surface area contributed by atoms with E-state index in [1.54, 1.807) is 60.2 Å². The number of hydrogen-bond acceptors (Lipinski definition) is 5. The summed E-state index contributed by atoms with van der Waals surface area (Å²) < 4.78 is 5.23. The molecule has 1 amide bonds. The Morgan fingerprint density at radius 1 is 1.00 bits per heavy atom. The summed E-state index contributed by atoms with van der Waals surface area (Å²) in [6.45, 7) is 0.294. The fourth-order valence-electron chi connectivity index (χ4n) is 3.96. The summed E-state index contributed by atoms with van der Waals surface area (Å²) in [5, 5.41) is 20.2. The molecule has 0 saturated heterocycles. The number of benzene rings is 3. The quantitative estimate of drug-likeness (QED) is 0.472. The number of nitrogens with zero attached hydrogens (tertiary/aromatic N) is 1. The van der Waals surface area contributed by atoms with Crippen LogP contribution in [0.3, 0.4) is 0 Å². The lowest BCUT2D eigenvalue weighted by Gasteiger charge is -2.27. The van der Waals surface area contributed by atoms with Crippen molar-refractivity contribution in [2.75, 3.05) is 13.4 Å². The average Bonchev–Trinajstić information content (AvgIpc) is 3.09. The molecule has 0 radical (unpaired) electrons. The molecule has 2 N–H and O–H groups in total. The predicted octanol–water partition coefficient (Wildman–Crippen LogP) is 5.17. The number of ether oxygens (including phenoxy) is 1. The van der Waals surface area contributed by atoms with E-state index in [0.717, 1.165) is 10.5 Å². The van der Waals surface area contributed by atoms with E-state index < -0.39 is 17.9 Å². The lowest BCUT2D eigenvalue weighted by molar-refractivity contribution is -0.130. The summed E-state index contributed by atoms with van der Waals surface area (Å²) in [7, 11) is 1.57. The molecule has 3 aromatic carbocycles. The van der Waals surface area contributed by atoms with E-state index in [1.807, 2.05) is 30.5 Å². The third-order valence-electron chi connectivity index (χ3n) is 5.69. The molecule has 0 bridgehead atoms. The fraction of sp³-hybridized carbons (Fsp3) is 0.154. The van der Waals surface area contributed by atoms with Crippen LogP contribution in [0.5, 0.6) is 5.75 Å². The van der Waals surface area contributed by atoms with Crippen LogP contribution in [-0.4, -0.2) is 40.4 Å². The minimum atomic E-state index is -1.02. The van der Waals surface area contributed by atoms with E-state index in [9.17, 15) is 19.8 Å². The van der Waals surface area contributed by atoms with Gasteiger partial charge in [0.1, 0.15) is 5.75 Å². The minimum absolute atomic E-state index is 0.154. The maximum atomic E-state index is 13.2. The first-order valence-corrected chi connectivity index (χ1v) is 11.5. The molecule has 4 rings (SSSR count). The zero-order valence-corrected chi connectivity index (χ0v) is 19.0. The molecule has 0 spiro atoms. The molecule has 1 heterocycles. The zero-order chi connectivity index (χ0) is 23.5. The first-order valence-electron chi connectivity index (χ1n) is 10.3. The summed E-state index contributed by atoms with van der Waals surface area (Å²) in [6, 6.07) is 20.9. The van der Waals surface area contributed by atoms with Gasteiger partial charge in [-0.15, -0.1) is 11.8 Å². The number of carboxylic acid groups (broad SMARTS) is 1. The van der Waals surface area contributed by atoms with Crippen molar-refractivity contribution >= 4 is 29.2 Å². The number of hydrogen-bond donors (Lipinski definition) is 2. The second-order valence-corrected chi connectivity index (χ2v) is 8.48. The summed E-state index contributed by atoms with van der Waals surface area (Å²) in [6.07, 6.45) is 2.00. The minimum Gasteiger partial charge on any atom is -0.503 e. The SMILES string of the molecule is COc1ccc(C2=C(O)C(=O)N(Cc3ccc(SC)cc3)[C@H]2c2ccc(C(=O)O)cc2)cc1. The maximum absolute atomic E-state index is 13.2. The Bertz CT molecular complexity index is 1200. The van der Waals surface area contributed by atoms with E-state index in [4.69, 9.17) is 4.74 Å². The summed E-state index contributed by atoms with van der Waals surface area (Å²) in [5.41, 5.74) is 2.96. The standard InChI is InChI=1S/C26H23NO5S/c1-32-20-11-9-17(10-12-20)22-23(18-5-7-19(8-6-18)26(30)31)27(25(29)24(22)28)15-16-3-13-21(33-2)14-4-16/h3-14,23,28H,15H2,1-2H3,(H,30,31)/t23-/m0/s1. The highest BCUT2D eigenvalue weighted by Crippen LogP contribution is 2.44. The van der Waals surface area contributed by atoms with E-state index >= 15 is 0 Å². The third kappa shape index (κ3) is 4.45. The van der Waals surface area contributed by atoms with Crippen molar-refractivity contribution in [1.82, 2.24) is 4.90 Å². The van der Waals surface area contributed by atoms with Gasteiger partial charge in [-0.05, 0) is 59.3 Å². The molecule has 168 valence electrons. The summed E-state index contributed by atoms with van der Waals surface area (Å²) in [4.78, 5) is 27.2. The van der Waals surface area contributed by atoms with Gasteiger partial charge < -0.3 is 19.8 Å². The molecular formula is C26H23NO5S. The summed E-state index contributed by atoms with van der Waals surface area (Å²) in [5.74, 6) is -1.14. The van der Waals surface area contributed by atoms with Crippen LogP contribution < -0.4 is 4.74 Å². The Balaban J connectivity index is 1.77. The first-order chi connectivity index (χ1) is 15.9. The van der Waals surface area contributed by atoms with Gasteiger partial charge in [-0.3, -0.25) is 4.79 Å². The number of aliphatic hydroxyl groups excluding tert-OH is 1. The molecule has 0 saturated carbocycles. The van der Waals surface area contributed by atoms with Crippen LogP contribution in [-0.2, 0) is 11.3 Å². The van der Waals surface area contributed by atoms with Crippen LogP contribution in [0.4, 0.5) is 0 Å². The van der Waals surface area contributed by atoms with E-state index in [0.29, 0.717) is 29.0 Å². The highest BCUT2D eigenvalue weighted by Gasteiger charge is 2.41. The second kappa shape index (κ2) is 9.42. The number of amides is 1. The molecule has 0 aromatic heterocycles. The first kappa shape index (κ1) is 22.5. The van der Waals surface area contributed by atoms with Crippen LogP contribution in [0.25, 0.3) is 5.57 Å². The Kier molecular flexibility index (Phi) is 6.42. The van der Waals surface area contributed by atoms with E-state index in [-0.39, 0.29) is 11.3 Å². The normalized spacial score (nSPS) is 15.8. The van der Waals surface area contributed by atoms with E-state index in [2.05, 4.69) is 0 Å². The molecule has 0 unspecified atom stereocenters. The van der Waals surface area contributed by atoms with Gasteiger partial charge in [0.15, 0.2) is 5.76 Å². The highest BCUT2D eigenvalue weighted by molar-refractivity contribution is 7.98. The Labute approximate surface area is 196 Å². The van der Waals surface area contributed by atoms with Gasteiger partial charge in [0, 0.05) is 17.0 Å². The van der Waals surface area contributed by atoms with Gasteiger partial charge in [-0.2, -0.15) is 0 Å². The Hall–Kier alpha value is -3.71. The van der Waals surface area contributed by atoms with Gasteiger partial charge in [0.05, 0.1) is 18.7 Å². The Morgan fingerprint density at radius 2 is 1.64 bits per heavy atom. The largest absolute Gasteiger partial charge is 0.503 e. The van der Waals surface area contributed by atoms with Crippen LogP contribution >= 0.6 is 11.8 Å². The maximum Gasteiger partial charge on any atom is 0.335 e. The Morgan fingerprint density at radius 3 is 2.18 bits per heavy atom. The van der Waals surface area contributed by atoms with Crippen molar-refractivity contribution in [3.05, 3.63) is 101 Å². The van der Waals surface area contributed by atoms with Crippen molar-refractivity contribution in [2.24, 2.45) is 0 Å². The number of carbonyl (C=O) groups excluding carboxylic acids is 1. The zero-order valence-electron chi connectivity index (χ0n) is 18.2. The van der Waals surface area contributed by atoms with Crippen molar-refractivity contribution in [2.45, 2.75) is 17.5 Å². The van der Waals surface area contributed by atoms with Crippen molar-refractivity contribution in [1.29, 1.82) is 0 Å². The van der Waals surface area contributed by atoms with Gasteiger partial charge in [0.2, 0.25) is 0 Å².